The molecule has 20 heavy (non-hydrogen) atoms. The quantitative estimate of drug-likeness (QED) is 0.839. The lowest BCUT2D eigenvalue weighted by atomic mass is 10.2. The summed E-state index contributed by atoms with van der Waals surface area (Å²) < 4.78 is 5.30. The van der Waals surface area contributed by atoms with Crippen LogP contribution >= 0.6 is 11.3 Å². The van der Waals surface area contributed by atoms with Crippen LogP contribution in [0, 0.1) is 0 Å². The van der Waals surface area contributed by atoms with E-state index >= 15 is 0 Å². The highest BCUT2D eigenvalue weighted by Gasteiger charge is 2.26. The van der Waals surface area contributed by atoms with Crippen LogP contribution in [0.2, 0.25) is 0 Å². The first-order valence-electron chi connectivity index (χ1n) is 7.63. The Balaban J connectivity index is 2.15. The molecule has 0 aromatic carbocycles. The van der Waals surface area contributed by atoms with Crippen LogP contribution in [0.4, 0.5) is 5.13 Å². The zero-order valence-corrected chi connectivity index (χ0v) is 13.9. The van der Waals surface area contributed by atoms with Gasteiger partial charge in [-0.3, -0.25) is 0 Å². The minimum Gasteiger partial charge on any atom is -0.378 e. The summed E-state index contributed by atoms with van der Waals surface area (Å²) in [6.07, 6.45) is 3.80. The number of hydrogen-bond donors (Lipinski definition) is 1. The van der Waals surface area contributed by atoms with E-state index in [1.165, 1.54) is 29.3 Å². The Kier molecular flexibility index (Phi) is 5.81. The molecular weight excluding hydrogens is 270 g/mol. The lowest BCUT2D eigenvalue weighted by Gasteiger charge is -2.22. The number of methoxy groups -OCH3 is 1. The molecule has 0 bridgehead atoms. The average molecular weight is 297 g/mol. The van der Waals surface area contributed by atoms with Gasteiger partial charge in [-0.15, -0.1) is 11.3 Å². The molecule has 1 aromatic rings. The minimum absolute atomic E-state index is 0.492. The Hall–Kier alpha value is -0.650. The lowest BCUT2D eigenvalue weighted by Crippen LogP contribution is -2.28. The summed E-state index contributed by atoms with van der Waals surface area (Å²) in [6, 6.07) is 1.16. The number of anilines is 1. The van der Waals surface area contributed by atoms with Crippen molar-refractivity contribution in [3.63, 3.8) is 0 Å². The molecular formula is C15H27N3OS. The molecule has 1 fully saturated rings. The Morgan fingerprint density at radius 1 is 1.50 bits per heavy atom. The fourth-order valence-electron chi connectivity index (χ4n) is 2.69. The Bertz CT molecular complexity index is 419. The topological polar surface area (TPSA) is 37.4 Å². The number of ether oxygens (including phenoxy) is 1. The maximum atomic E-state index is 5.30. The van der Waals surface area contributed by atoms with Crippen LogP contribution in [0.1, 0.15) is 50.6 Å². The van der Waals surface area contributed by atoms with Gasteiger partial charge in [-0.25, -0.2) is 4.98 Å². The molecule has 2 rings (SSSR count). The van der Waals surface area contributed by atoms with Crippen molar-refractivity contribution in [3.8, 4) is 0 Å². The summed E-state index contributed by atoms with van der Waals surface area (Å²) in [7, 11) is 1.74. The monoisotopic (exact) mass is 297 g/mol. The Morgan fingerprint density at radius 3 is 2.95 bits per heavy atom. The van der Waals surface area contributed by atoms with E-state index in [4.69, 9.17) is 9.72 Å². The molecule has 0 amide bonds. The second-order valence-corrected chi connectivity index (χ2v) is 6.79. The minimum atomic E-state index is 0.492. The predicted octanol–water partition coefficient (Wildman–Crippen LogP) is 3.17. The standard InChI is InChI=1S/C15H27N3OS/c1-5-12-7-6-8-18(12)15-17-13(10-19-4)14(20-15)9-16-11(2)3/h11-12,16H,5-10H2,1-4H3. The maximum absolute atomic E-state index is 5.30. The molecule has 1 aliphatic rings. The molecule has 2 heterocycles. The van der Waals surface area contributed by atoms with Crippen molar-refractivity contribution in [3.05, 3.63) is 10.6 Å². The second-order valence-electron chi connectivity index (χ2n) is 5.73. The molecule has 1 atom stereocenters. The number of nitrogens with zero attached hydrogens (tertiary/aromatic N) is 2. The molecule has 1 saturated heterocycles. The molecule has 0 spiro atoms. The number of rotatable bonds is 7. The van der Waals surface area contributed by atoms with Crippen molar-refractivity contribution < 1.29 is 4.74 Å². The number of hydrogen-bond acceptors (Lipinski definition) is 5. The first-order valence-corrected chi connectivity index (χ1v) is 8.44. The van der Waals surface area contributed by atoms with Gasteiger partial charge in [0.05, 0.1) is 12.3 Å². The molecule has 0 saturated carbocycles. The lowest BCUT2D eigenvalue weighted by molar-refractivity contribution is 0.181. The summed E-state index contributed by atoms with van der Waals surface area (Å²) in [6.45, 7) is 9.26. The smallest absolute Gasteiger partial charge is 0.186 e. The van der Waals surface area contributed by atoms with Gasteiger partial charge in [-0.1, -0.05) is 20.8 Å². The van der Waals surface area contributed by atoms with Crippen LogP contribution in [0.25, 0.3) is 0 Å². The summed E-state index contributed by atoms with van der Waals surface area (Å²) in [4.78, 5) is 8.64. The van der Waals surface area contributed by atoms with Crippen LogP contribution in [-0.2, 0) is 17.9 Å². The molecule has 4 nitrogen and oxygen atoms in total. The Labute approximate surface area is 126 Å². The zero-order valence-electron chi connectivity index (χ0n) is 13.1. The fourth-order valence-corrected chi connectivity index (χ4v) is 3.80. The van der Waals surface area contributed by atoms with E-state index < -0.39 is 0 Å². The fraction of sp³-hybridized carbons (Fsp3) is 0.800. The molecule has 1 unspecified atom stereocenters. The van der Waals surface area contributed by atoms with Crippen LogP contribution in [0.15, 0.2) is 0 Å². The van der Waals surface area contributed by atoms with Gasteiger partial charge in [-0.05, 0) is 19.3 Å². The molecule has 1 aliphatic heterocycles. The number of aromatic nitrogens is 1. The van der Waals surface area contributed by atoms with Gasteiger partial charge < -0.3 is 15.0 Å². The van der Waals surface area contributed by atoms with Gasteiger partial charge in [0.25, 0.3) is 0 Å². The summed E-state index contributed by atoms with van der Waals surface area (Å²) in [5.41, 5.74) is 1.10. The first-order chi connectivity index (χ1) is 9.65. The van der Waals surface area contributed by atoms with E-state index in [-0.39, 0.29) is 0 Å². The van der Waals surface area contributed by atoms with Crippen LogP contribution in [0.3, 0.4) is 0 Å². The highest BCUT2D eigenvalue weighted by Crippen LogP contribution is 2.33. The van der Waals surface area contributed by atoms with E-state index in [1.54, 1.807) is 7.11 Å². The summed E-state index contributed by atoms with van der Waals surface area (Å²) in [5.74, 6) is 0. The first kappa shape index (κ1) is 15.7. The van der Waals surface area contributed by atoms with Gasteiger partial charge in [0.1, 0.15) is 0 Å². The third-order valence-corrected chi connectivity index (χ3v) is 4.95. The van der Waals surface area contributed by atoms with Gasteiger partial charge in [-0.2, -0.15) is 0 Å². The van der Waals surface area contributed by atoms with Crippen LogP contribution < -0.4 is 10.2 Å². The van der Waals surface area contributed by atoms with Crippen molar-refractivity contribution in [2.24, 2.45) is 0 Å². The van der Waals surface area contributed by atoms with Gasteiger partial charge in [0, 0.05) is 37.2 Å². The Morgan fingerprint density at radius 2 is 2.30 bits per heavy atom. The van der Waals surface area contributed by atoms with Crippen molar-refractivity contribution >= 4 is 16.5 Å². The zero-order chi connectivity index (χ0) is 14.5. The molecule has 5 heteroatoms. The number of nitrogens with one attached hydrogen (secondary N) is 1. The van der Waals surface area contributed by atoms with Gasteiger partial charge >= 0.3 is 0 Å². The van der Waals surface area contributed by atoms with Crippen LogP contribution in [-0.4, -0.2) is 30.7 Å². The van der Waals surface area contributed by atoms with Crippen molar-refractivity contribution in [1.82, 2.24) is 10.3 Å². The third-order valence-electron chi connectivity index (χ3n) is 3.81. The van der Waals surface area contributed by atoms with Crippen LogP contribution in [0.5, 0.6) is 0 Å². The highest BCUT2D eigenvalue weighted by molar-refractivity contribution is 7.15. The SMILES string of the molecule is CCC1CCCN1c1nc(COC)c(CNC(C)C)s1. The van der Waals surface area contributed by atoms with E-state index in [1.807, 2.05) is 11.3 Å². The molecule has 1 aromatic heterocycles. The largest absolute Gasteiger partial charge is 0.378 e. The molecule has 0 aliphatic carbocycles. The molecule has 1 N–H and O–H groups in total. The second kappa shape index (κ2) is 7.38. The summed E-state index contributed by atoms with van der Waals surface area (Å²) in [5, 5.41) is 4.67. The maximum Gasteiger partial charge on any atom is 0.186 e. The van der Waals surface area contributed by atoms with Gasteiger partial charge in [0.15, 0.2) is 5.13 Å². The molecule has 0 radical (unpaired) electrons. The van der Waals surface area contributed by atoms with E-state index in [0.29, 0.717) is 18.7 Å². The van der Waals surface area contributed by atoms with E-state index in [2.05, 4.69) is 31.0 Å². The normalized spacial score (nSPS) is 19.2. The van der Waals surface area contributed by atoms with E-state index in [9.17, 15) is 0 Å². The highest BCUT2D eigenvalue weighted by atomic mass is 32.1. The van der Waals surface area contributed by atoms with Crippen molar-refractivity contribution in [2.45, 2.75) is 65.3 Å². The number of thiazole rings is 1. The summed E-state index contributed by atoms with van der Waals surface area (Å²) >= 11 is 1.83. The third kappa shape index (κ3) is 3.71. The molecule has 114 valence electrons. The predicted molar refractivity (Wildman–Crippen MR) is 85.5 cm³/mol. The van der Waals surface area contributed by atoms with Crippen molar-refractivity contribution in [1.29, 1.82) is 0 Å². The van der Waals surface area contributed by atoms with Gasteiger partial charge in [0.2, 0.25) is 0 Å². The van der Waals surface area contributed by atoms with E-state index in [0.717, 1.165) is 18.8 Å². The van der Waals surface area contributed by atoms with Crippen molar-refractivity contribution in [2.75, 3.05) is 18.6 Å². The average Bonchev–Trinajstić information content (AvgIpc) is 3.02.